The second kappa shape index (κ2) is 6.23. The summed E-state index contributed by atoms with van der Waals surface area (Å²) in [7, 11) is 0. The lowest BCUT2D eigenvalue weighted by molar-refractivity contribution is -0.156. The summed E-state index contributed by atoms with van der Waals surface area (Å²) in [6, 6.07) is 0. The van der Waals surface area contributed by atoms with E-state index < -0.39 is 11.9 Å². The maximum atomic E-state index is 11.8. The van der Waals surface area contributed by atoms with Crippen molar-refractivity contribution in [2.24, 2.45) is 11.8 Å². The third-order valence-corrected chi connectivity index (χ3v) is 6.51. The first kappa shape index (κ1) is 17.3. The fourth-order valence-corrected chi connectivity index (χ4v) is 4.38. The number of hydrogen-bond donors (Lipinski definition) is 0. The Balaban J connectivity index is 1.09. The number of esters is 2. The minimum Gasteiger partial charge on any atom is -0.465 e. The summed E-state index contributed by atoms with van der Waals surface area (Å²) in [5.41, 5.74) is 0.152. The van der Waals surface area contributed by atoms with Crippen molar-refractivity contribution in [3.8, 4) is 0 Å². The van der Waals surface area contributed by atoms with Gasteiger partial charge in [-0.15, -0.1) is 0 Å². The van der Waals surface area contributed by atoms with Crippen molar-refractivity contribution in [1.82, 2.24) is 0 Å². The Morgan fingerprint density at radius 3 is 1.72 bits per heavy atom. The average molecular weight is 352 g/mol. The van der Waals surface area contributed by atoms with Crippen molar-refractivity contribution >= 4 is 11.9 Å². The van der Waals surface area contributed by atoms with Crippen LogP contribution in [0.25, 0.3) is 0 Å². The van der Waals surface area contributed by atoms with Gasteiger partial charge >= 0.3 is 11.9 Å². The molecule has 0 aromatic rings. The summed E-state index contributed by atoms with van der Waals surface area (Å²) in [6.07, 6.45) is 6.29. The molecule has 0 aromatic heterocycles. The molecule has 4 rings (SSSR count). The zero-order valence-corrected chi connectivity index (χ0v) is 15.1. The summed E-state index contributed by atoms with van der Waals surface area (Å²) in [6.45, 7) is 5.03. The van der Waals surface area contributed by atoms with Crippen molar-refractivity contribution < 1.29 is 28.5 Å². The zero-order chi connectivity index (χ0) is 17.7. The van der Waals surface area contributed by atoms with Crippen molar-refractivity contribution in [2.75, 3.05) is 13.2 Å². The first-order chi connectivity index (χ1) is 11.9. The maximum Gasteiger partial charge on any atom is 0.317 e. The van der Waals surface area contributed by atoms with Crippen molar-refractivity contribution in [3.63, 3.8) is 0 Å². The van der Waals surface area contributed by atoms with Gasteiger partial charge in [0.25, 0.3) is 0 Å². The number of fused-ring (bicyclic) bond motifs is 2. The second-order valence-electron chi connectivity index (χ2n) is 8.66. The third-order valence-electron chi connectivity index (χ3n) is 6.51. The molecule has 6 nitrogen and oxygen atoms in total. The molecule has 0 bridgehead atoms. The topological polar surface area (TPSA) is 77.7 Å². The molecule has 2 saturated carbocycles. The van der Waals surface area contributed by atoms with Crippen molar-refractivity contribution in [3.05, 3.63) is 0 Å². The molecule has 6 atom stereocenters. The van der Waals surface area contributed by atoms with E-state index in [1.165, 1.54) is 0 Å². The molecule has 25 heavy (non-hydrogen) atoms. The molecule has 4 aliphatic rings. The van der Waals surface area contributed by atoms with E-state index in [2.05, 4.69) is 13.8 Å². The number of ether oxygens (including phenoxy) is 4. The van der Waals surface area contributed by atoms with Gasteiger partial charge in [0, 0.05) is 0 Å². The molecule has 0 amide bonds. The van der Waals surface area contributed by atoms with Crippen LogP contribution >= 0.6 is 0 Å². The molecular formula is C19H28O6. The quantitative estimate of drug-likeness (QED) is 0.415. The van der Waals surface area contributed by atoms with Gasteiger partial charge in [0.1, 0.15) is 6.42 Å². The lowest BCUT2D eigenvalue weighted by Crippen LogP contribution is -2.27. The standard InChI is InChI=1S/C19H28O6/c1-18-5-3-12(7-14(18)24-18)10-22-16(20)9-17(21)23-11-13-4-6-19(2)15(8-13)25-19/h12-15H,3-11H2,1-2H3/t12?,13?,14-,15?,18?,19?/m0/s1. The molecule has 2 heterocycles. The largest absolute Gasteiger partial charge is 0.465 e. The van der Waals surface area contributed by atoms with Gasteiger partial charge in [-0.2, -0.15) is 0 Å². The Hall–Kier alpha value is -1.14. The SMILES string of the molecule is CC12CCC(COC(=O)CC(=O)OCC3CCC4(C)O[C@H]4C3)CC1O2. The normalized spacial score (nSPS) is 44.2. The number of carbonyl (C=O) groups excluding carboxylic acids is 2. The molecule has 0 aromatic carbocycles. The van der Waals surface area contributed by atoms with Gasteiger partial charge < -0.3 is 18.9 Å². The Bertz CT molecular complexity index is 514. The average Bonchev–Trinajstić information content (AvgIpc) is 3.43. The molecule has 0 spiro atoms. The van der Waals surface area contributed by atoms with Gasteiger partial charge in [-0.05, 0) is 64.2 Å². The van der Waals surface area contributed by atoms with E-state index in [9.17, 15) is 9.59 Å². The summed E-state index contributed by atoms with van der Waals surface area (Å²) in [5, 5.41) is 0. The molecule has 2 saturated heterocycles. The molecular weight excluding hydrogens is 324 g/mol. The van der Waals surface area contributed by atoms with Crippen molar-refractivity contribution in [2.45, 2.75) is 82.2 Å². The highest BCUT2D eigenvalue weighted by atomic mass is 16.6. The van der Waals surface area contributed by atoms with Crippen LogP contribution in [0.5, 0.6) is 0 Å². The minimum atomic E-state index is -0.489. The van der Waals surface area contributed by atoms with Crippen LogP contribution < -0.4 is 0 Å². The Morgan fingerprint density at radius 1 is 0.880 bits per heavy atom. The van der Waals surface area contributed by atoms with Crippen LogP contribution in [0, 0.1) is 11.8 Å². The summed E-state index contributed by atoms with van der Waals surface area (Å²) < 4.78 is 21.8. The van der Waals surface area contributed by atoms with E-state index in [0.29, 0.717) is 37.3 Å². The van der Waals surface area contributed by atoms with Gasteiger partial charge in [-0.3, -0.25) is 9.59 Å². The molecule has 4 fully saturated rings. The Morgan fingerprint density at radius 2 is 1.32 bits per heavy atom. The first-order valence-electron chi connectivity index (χ1n) is 9.53. The highest BCUT2D eigenvalue weighted by Crippen LogP contribution is 2.50. The Labute approximate surface area is 148 Å². The van der Waals surface area contributed by atoms with Gasteiger partial charge in [0.2, 0.25) is 0 Å². The van der Waals surface area contributed by atoms with Crippen molar-refractivity contribution in [1.29, 1.82) is 0 Å². The van der Waals surface area contributed by atoms with Gasteiger partial charge in [0.05, 0.1) is 36.6 Å². The van der Waals surface area contributed by atoms with E-state index in [0.717, 1.165) is 38.5 Å². The molecule has 2 aliphatic carbocycles. The van der Waals surface area contributed by atoms with E-state index in [1.807, 2.05) is 0 Å². The second-order valence-corrected chi connectivity index (χ2v) is 8.66. The van der Waals surface area contributed by atoms with Crippen LogP contribution in [0.2, 0.25) is 0 Å². The van der Waals surface area contributed by atoms with Gasteiger partial charge in [0.15, 0.2) is 0 Å². The van der Waals surface area contributed by atoms with Crippen LogP contribution in [-0.2, 0) is 28.5 Å². The monoisotopic (exact) mass is 352 g/mol. The first-order valence-corrected chi connectivity index (χ1v) is 9.53. The number of epoxide rings is 2. The lowest BCUT2D eigenvalue weighted by atomic mass is 9.83. The molecule has 5 unspecified atom stereocenters. The predicted molar refractivity (Wildman–Crippen MR) is 87.8 cm³/mol. The van der Waals surface area contributed by atoms with Gasteiger partial charge in [-0.25, -0.2) is 0 Å². The van der Waals surface area contributed by atoms with E-state index in [-0.39, 0.29) is 17.6 Å². The van der Waals surface area contributed by atoms with E-state index in [4.69, 9.17) is 18.9 Å². The van der Waals surface area contributed by atoms with Crippen LogP contribution in [0.3, 0.4) is 0 Å². The fraction of sp³-hybridized carbons (Fsp3) is 0.895. The molecule has 2 aliphatic heterocycles. The van der Waals surface area contributed by atoms with Crippen LogP contribution in [0.1, 0.15) is 58.8 Å². The molecule has 0 N–H and O–H groups in total. The third kappa shape index (κ3) is 3.85. The van der Waals surface area contributed by atoms with Crippen LogP contribution in [0.4, 0.5) is 0 Å². The fourth-order valence-electron chi connectivity index (χ4n) is 4.38. The summed E-state index contributed by atoms with van der Waals surface area (Å²) in [4.78, 5) is 23.7. The van der Waals surface area contributed by atoms with Crippen LogP contribution in [-0.4, -0.2) is 48.6 Å². The zero-order valence-electron chi connectivity index (χ0n) is 15.1. The van der Waals surface area contributed by atoms with Crippen LogP contribution in [0.15, 0.2) is 0 Å². The smallest absolute Gasteiger partial charge is 0.317 e. The van der Waals surface area contributed by atoms with E-state index in [1.54, 1.807) is 0 Å². The minimum absolute atomic E-state index is 0.0758. The Kier molecular flexibility index (Phi) is 4.31. The lowest BCUT2D eigenvalue weighted by Gasteiger charge is -2.22. The predicted octanol–water partition coefficient (Wildman–Crippen LogP) is 2.38. The highest BCUT2D eigenvalue weighted by molar-refractivity contribution is 5.91. The van der Waals surface area contributed by atoms with Gasteiger partial charge in [-0.1, -0.05) is 0 Å². The molecule has 140 valence electrons. The highest BCUT2D eigenvalue weighted by Gasteiger charge is 2.56. The number of hydrogen-bond acceptors (Lipinski definition) is 6. The molecule has 0 radical (unpaired) electrons. The number of rotatable bonds is 6. The summed E-state index contributed by atoms with van der Waals surface area (Å²) >= 11 is 0. The number of carbonyl (C=O) groups is 2. The van der Waals surface area contributed by atoms with E-state index >= 15 is 0 Å². The maximum absolute atomic E-state index is 11.8. The summed E-state index contributed by atoms with van der Waals surface area (Å²) in [5.74, 6) is -0.292. The molecule has 6 heteroatoms.